The Morgan fingerprint density at radius 3 is 2.55 bits per heavy atom. The number of aryl methyl sites for hydroxylation is 1. The maximum absolute atomic E-state index is 13.2. The van der Waals surface area contributed by atoms with Crippen LogP contribution in [0.5, 0.6) is 0 Å². The van der Waals surface area contributed by atoms with E-state index in [4.69, 9.17) is 0 Å². The molecule has 2 aromatic heterocycles. The number of nitrogens with zero attached hydrogens (tertiary/aromatic N) is 5. The van der Waals surface area contributed by atoms with Crippen molar-refractivity contribution in [2.75, 3.05) is 31.1 Å². The average molecular weight is 536 g/mol. The Kier molecular flexibility index (Phi) is 7.63. The number of ketones is 1. The van der Waals surface area contributed by atoms with E-state index in [2.05, 4.69) is 65.6 Å². The fourth-order valence-electron chi connectivity index (χ4n) is 5.58. The van der Waals surface area contributed by atoms with Crippen molar-refractivity contribution in [3.05, 3.63) is 107 Å². The second-order valence-corrected chi connectivity index (χ2v) is 10.5. The van der Waals surface area contributed by atoms with Crippen molar-refractivity contribution in [2.24, 2.45) is 0 Å². The van der Waals surface area contributed by atoms with Crippen molar-refractivity contribution in [3.63, 3.8) is 0 Å². The lowest BCUT2D eigenvalue weighted by Gasteiger charge is -2.36. The Morgan fingerprint density at radius 2 is 1.75 bits per heavy atom. The summed E-state index contributed by atoms with van der Waals surface area (Å²) in [6, 6.07) is 20.0. The maximum Gasteiger partial charge on any atom is 0.291 e. The quantitative estimate of drug-likeness (QED) is 0.351. The summed E-state index contributed by atoms with van der Waals surface area (Å²) in [6.07, 6.45) is 5.86. The van der Waals surface area contributed by atoms with E-state index >= 15 is 0 Å². The van der Waals surface area contributed by atoms with Gasteiger partial charge in [-0.1, -0.05) is 48.5 Å². The van der Waals surface area contributed by atoms with Gasteiger partial charge in [0.2, 0.25) is 5.82 Å². The Hall–Kier alpha value is -4.37. The highest BCUT2D eigenvalue weighted by molar-refractivity contribution is 5.96. The summed E-state index contributed by atoms with van der Waals surface area (Å²) in [4.78, 5) is 39.4. The van der Waals surface area contributed by atoms with Crippen molar-refractivity contribution in [1.82, 2.24) is 30.4 Å². The molecule has 0 spiro atoms. The number of aromatic nitrogens is 4. The lowest BCUT2D eigenvalue weighted by molar-refractivity contribution is -0.120. The minimum atomic E-state index is -0.555. The average Bonchev–Trinajstić information content (AvgIpc) is 3.40. The molecule has 1 saturated heterocycles. The molecule has 1 aliphatic carbocycles. The Morgan fingerprint density at radius 1 is 0.950 bits per heavy atom. The van der Waals surface area contributed by atoms with Crippen LogP contribution in [-0.2, 0) is 30.6 Å². The van der Waals surface area contributed by atoms with Gasteiger partial charge in [0.15, 0.2) is 5.78 Å². The molecule has 4 aromatic rings. The molecule has 0 bridgehead atoms. The normalized spacial score (nSPS) is 17.8. The first-order valence-corrected chi connectivity index (χ1v) is 13.9. The minimum absolute atomic E-state index is 0.0234. The summed E-state index contributed by atoms with van der Waals surface area (Å²) in [6.45, 7) is 4.80. The number of rotatable bonds is 7. The number of amides is 1. The second kappa shape index (κ2) is 11.8. The Balaban J connectivity index is 1.03. The Labute approximate surface area is 233 Å². The van der Waals surface area contributed by atoms with Crippen LogP contribution in [0.15, 0.2) is 73.1 Å². The number of carbonyl (C=O) groups excluding carboxylic acids is 2. The molecule has 0 saturated carbocycles. The van der Waals surface area contributed by atoms with Crippen molar-refractivity contribution in [3.8, 4) is 0 Å². The molecule has 40 heavy (non-hydrogen) atoms. The number of Topliss-reactive ketones (excluding diaryl/α,β-unsaturated/α-hetero) is 1. The number of anilines is 1. The number of hydrogen-bond acceptors (Lipinski definition) is 7. The molecule has 1 fully saturated rings. The zero-order valence-electron chi connectivity index (χ0n) is 22.4. The van der Waals surface area contributed by atoms with Crippen LogP contribution in [-0.4, -0.2) is 69.0 Å². The number of H-pyrrole nitrogens is 1. The number of pyridine rings is 1. The van der Waals surface area contributed by atoms with Gasteiger partial charge in [0.1, 0.15) is 5.82 Å². The van der Waals surface area contributed by atoms with Crippen LogP contribution in [0.2, 0.25) is 0 Å². The first kappa shape index (κ1) is 25.9. The molecule has 2 aliphatic rings. The van der Waals surface area contributed by atoms with E-state index in [9.17, 15) is 9.59 Å². The molecule has 0 radical (unpaired) electrons. The highest BCUT2D eigenvalue weighted by Gasteiger charge is 2.27. The summed E-state index contributed by atoms with van der Waals surface area (Å²) in [5, 5.41) is 9.81. The van der Waals surface area contributed by atoms with Crippen LogP contribution in [0, 0.1) is 0 Å². The van der Waals surface area contributed by atoms with Crippen molar-refractivity contribution < 1.29 is 9.59 Å². The minimum Gasteiger partial charge on any atom is -0.369 e. The maximum atomic E-state index is 13.2. The highest BCUT2D eigenvalue weighted by atomic mass is 16.2. The van der Waals surface area contributed by atoms with Gasteiger partial charge in [-0.25, -0.2) is 4.98 Å². The van der Waals surface area contributed by atoms with Gasteiger partial charge >= 0.3 is 0 Å². The van der Waals surface area contributed by atoms with Gasteiger partial charge in [-0.05, 0) is 47.2 Å². The largest absolute Gasteiger partial charge is 0.369 e. The zero-order chi connectivity index (χ0) is 27.3. The van der Waals surface area contributed by atoms with Crippen LogP contribution in [0.25, 0.3) is 0 Å². The van der Waals surface area contributed by atoms with Gasteiger partial charge in [-0.2, -0.15) is 0 Å². The van der Waals surface area contributed by atoms with E-state index < -0.39 is 11.9 Å². The monoisotopic (exact) mass is 535 g/mol. The third-order valence-corrected chi connectivity index (χ3v) is 7.79. The van der Waals surface area contributed by atoms with E-state index in [0.717, 1.165) is 50.3 Å². The number of carbonyl (C=O) groups is 2. The van der Waals surface area contributed by atoms with Gasteiger partial charge in [0.05, 0.1) is 6.04 Å². The van der Waals surface area contributed by atoms with Crippen LogP contribution in [0.1, 0.15) is 45.1 Å². The molecular weight excluding hydrogens is 502 g/mol. The molecule has 9 heteroatoms. The number of hydrogen-bond donors (Lipinski definition) is 2. The van der Waals surface area contributed by atoms with Crippen LogP contribution < -0.4 is 10.2 Å². The fraction of sp³-hybridized carbons (Fsp3) is 0.323. The summed E-state index contributed by atoms with van der Waals surface area (Å²) in [7, 11) is 0. The molecule has 1 amide bonds. The summed E-state index contributed by atoms with van der Waals surface area (Å²) >= 11 is 0. The van der Waals surface area contributed by atoms with Gasteiger partial charge in [0.25, 0.3) is 5.91 Å². The van der Waals surface area contributed by atoms with E-state index in [1.54, 1.807) is 0 Å². The molecule has 3 heterocycles. The molecular formula is C31H33N7O2. The number of piperazine rings is 1. The van der Waals surface area contributed by atoms with E-state index in [-0.39, 0.29) is 11.6 Å². The van der Waals surface area contributed by atoms with Crippen LogP contribution in [0.4, 0.5) is 5.69 Å². The highest BCUT2D eigenvalue weighted by Crippen LogP contribution is 2.23. The van der Waals surface area contributed by atoms with Gasteiger partial charge in [0, 0.05) is 63.6 Å². The number of fused-ring (bicyclic) bond motifs is 1. The van der Waals surface area contributed by atoms with E-state index in [1.807, 2.05) is 42.7 Å². The predicted molar refractivity (Wildman–Crippen MR) is 152 cm³/mol. The molecule has 2 N–H and O–H groups in total. The molecule has 6 rings (SSSR count). The molecule has 0 unspecified atom stereocenters. The topological polar surface area (TPSA) is 107 Å². The van der Waals surface area contributed by atoms with Gasteiger partial charge in [-0.3, -0.25) is 24.6 Å². The first-order chi connectivity index (χ1) is 19.6. The van der Waals surface area contributed by atoms with Gasteiger partial charge in [-0.15, -0.1) is 5.10 Å². The lowest BCUT2D eigenvalue weighted by atomic mass is 9.99. The number of aromatic amines is 1. The molecule has 1 atom stereocenters. The summed E-state index contributed by atoms with van der Waals surface area (Å²) in [5.41, 5.74) is 5.76. The summed E-state index contributed by atoms with van der Waals surface area (Å²) in [5.74, 6) is 0.274. The van der Waals surface area contributed by atoms with E-state index in [0.29, 0.717) is 25.1 Å². The van der Waals surface area contributed by atoms with Crippen molar-refractivity contribution in [2.45, 2.75) is 38.3 Å². The smallest absolute Gasteiger partial charge is 0.291 e. The Bertz CT molecular complexity index is 1460. The standard InChI is InChI=1S/C31H33N7O2/c39-28-20-25-18-23(21-37-14-16-38(17-15-37)26-10-12-32-13-11-26)6-7-24(25)8-9-27(28)33-31(40)30-34-29(35-36-30)19-22-4-2-1-3-5-22/h1-7,10-13,18,27H,8-9,14-17,19-21H2,(H,33,40)(H,34,35,36)/t27-/m1/s1. The predicted octanol–water partition coefficient (Wildman–Crippen LogP) is 2.97. The van der Waals surface area contributed by atoms with Crippen LogP contribution in [0.3, 0.4) is 0 Å². The summed E-state index contributed by atoms with van der Waals surface area (Å²) < 4.78 is 0. The van der Waals surface area contributed by atoms with Crippen molar-refractivity contribution in [1.29, 1.82) is 0 Å². The lowest BCUT2D eigenvalue weighted by Crippen LogP contribution is -2.46. The number of nitrogens with one attached hydrogen (secondary N) is 2. The van der Waals surface area contributed by atoms with E-state index in [1.165, 1.54) is 16.8 Å². The van der Waals surface area contributed by atoms with Crippen LogP contribution >= 0.6 is 0 Å². The third-order valence-electron chi connectivity index (χ3n) is 7.79. The molecule has 204 valence electrons. The molecule has 1 aliphatic heterocycles. The SMILES string of the molecule is O=C(N[C@@H]1CCc2ccc(CN3CCN(c4ccncc4)CC3)cc2CC1=O)c1n[nH]c(Cc2ccccc2)n1. The first-order valence-electron chi connectivity index (χ1n) is 13.9. The molecule has 9 nitrogen and oxygen atoms in total. The second-order valence-electron chi connectivity index (χ2n) is 10.5. The zero-order valence-corrected chi connectivity index (χ0v) is 22.4. The van der Waals surface area contributed by atoms with Crippen molar-refractivity contribution >= 4 is 17.4 Å². The molecule has 2 aromatic carbocycles. The number of benzene rings is 2. The van der Waals surface area contributed by atoms with Gasteiger partial charge < -0.3 is 10.2 Å². The fourth-order valence-corrected chi connectivity index (χ4v) is 5.58. The third kappa shape index (κ3) is 6.10.